The molecule has 2 aromatic rings. The Morgan fingerprint density at radius 2 is 1.95 bits per heavy atom. The third-order valence-electron chi connectivity index (χ3n) is 3.08. The number of anilines is 1. The molecule has 2 rings (SSSR count). The van der Waals surface area contributed by atoms with E-state index in [4.69, 9.17) is 11.6 Å². The van der Waals surface area contributed by atoms with E-state index in [1.54, 1.807) is 12.1 Å². The molecule has 0 spiro atoms. The van der Waals surface area contributed by atoms with Crippen LogP contribution in [0.3, 0.4) is 0 Å². The fourth-order valence-electron chi connectivity index (χ4n) is 1.84. The molecule has 5 heteroatoms. The molecule has 0 aliphatic rings. The third-order valence-corrected chi connectivity index (χ3v) is 3.49. The summed E-state index contributed by atoms with van der Waals surface area (Å²) in [5, 5.41) is 13.6. The van der Waals surface area contributed by atoms with Gasteiger partial charge in [0.1, 0.15) is 0 Å². The van der Waals surface area contributed by atoms with Gasteiger partial charge in [0.2, 0.25) is 0 Å². The van der Waals surface area contributed by atoms with Crippen molar-refractivity contribution in [3.63, 3.8) is 0 Å². The van der Waals surface area contributed by atoms with Gasteiger partial charge in [-0.25, -0.2) is 8.78 Å². The van der Waals surface area contributed by atoms with Gasteiger partial charge in [-0.15, -0.1) is 0 Å². The molecule has 0 saturated carbocycles. The summed E-state index contributed by atoms with van der Waals surface area (Å²) in [6.45, 7) is 2.03. The monoisotopic (exact) mass is 297 g/mol. The second-order valence-corrected chi connectivity index (χ2v) is 4.89. The normalized spacial score (nSPS) is 12.2. The molecule has 0 saturated heterocycles. The molecule has 20 heavy (non-hydrogen) atoms. The van der Waals surface area contributed by atoms with E-state index >= 15 is 0 Å². The van der Waals surface area contributed by atoms with E-state index < -0.39 is 17.7 Å². The van der Waals surface area contributed by atoms with Gasteiger partial charge in [-0.3, -0.25) is 0 Å². The summed E-state index contributed by atoms with van der Waals surface area (Å²) >= 11 is 5.99. The van der Waals surface area contributed by atoms with Crippen molar-refractivity contribution >= 4 is 17.3 Å². The molecular formula is C15H14ClF2NO. The molecule has 0 heterocycles. The lowest BCUT2D eigenvalue weighted by Gasteiger charge is -2.15. The first-order valence-corrected chi connectivity index (χ1v) is 6.49. The van der Waals surface area contributed by atoms with Crippen molar-refractivity contribution in [1.29, 1.82) is 0 Å². The molecule has 0 amide bonds. The van der Waals surface area contributed by atoms with Gasteiger partial charge in [-0.1, -0.05) is 23.7 Å². The first kappa shape index (κ1) is 14.8. The molecule has 0 aliphatic heterocycles. The van der Waals surface area contributed by atoms with E-state index in [1.807, 2.05) is 13.0 Å². The van der Waals surface area contributed by atoms with Gasteiger partial charge in [0.05, 0.1) is 6.10 Å². The number of aliphatic hydroxyl groups excluding tert-OH is 1. The number of hydrogen-bond acceptors (Lipinski definition) is 2. The van der Waals surface area contributed by atoms with Gasteiger partial charge in [0.25, 0.3) is 0 Å². The minimum absolute atomic E-state index is 0.173. The van der Waals surface area contributed by atoms with E-state index in [1.165, 1.54) is 6.07 Å². The molecule has 2 N–H and O–H groups in total. The first-order valence-electron chi connectivity index (χ1n) is 6.11. The SMILES string of the molecule is Cc1c(Cl)cccc1NCC(O)c1ccc(F)c(F)c1. The molecular weight excluding hydrogens is 284 g/mol. The van der Waals surface area contributed by atoms with Crippen LogP contribution in [-0.2, 0) is 0 Å². The average molecular weight is 298 g/mol. The zero-order chi connectivity index (χ0) is 14.7. The van der Waals surface area contributed by atoms with Gasteiger partial charge in [0, 0.05) is 17.3 Å². The van der Waals surface area contributed by atoms with Crippen molar-refractivity contribution in [3.8, 4) is 0 Å². The maximum atomic E-state index is 13.1. The minimum Gasteiger partial charge on any atom is -0.387 e. The standard InChI is InChI=1S/C15H14ClF2NO/c1-9-11(16)3-2-4-14(9)19-8-15(20)10-5-6-12(17)13(18)7-10/h2-7,15,19-20H,8H2,1H3. The number of aliphatic hydroxyl groups is 1. The molecule has 0 radical (unpaired) electrons. The predicted octanol–water partition coefficient (Wildman–Crippen LogP) is 4.07. The predicted molar refractivity (Wildman–Crippen MR) is 76.0 cm³/mol. The highest BCUT2D eigenvalue weighted by atomic mass is 35.5. The Bertz CT molecular complexity index is 619. The Morgan fingerprint density at radius 1 is 1.20 bits per heavy atom. The lowest BCUT2D eigenvalue weighted by atomic mass is 10.1. The van der Waals surface area contributed by atoms with E-state index in [-0.39, 0.29) is 6.54 Å². The molecule has 2 aromatic carbocycles. The molecule has 1 atom stereocenters. The van der Waals surface area contributed by atoms with Gasteiger partial charge in [0.15, 0.2) is 11.6 Å². The highest BCUT2D eigenvalue weighted by molar-refractivity contribution is 6.31. The summed E-state index contributed by atoms with van der Waals surface area (Å²) in [6, 6.07) is 8.75. The van der Waals surface area contributed by atoms with Crippen molar-refractivity contribution in [1.82, 2.24) is 0 Å². The van der Waals surface area contributed by atoms with Gasteiger partial charge in [-0.05, 0) is 42.3 Å². The third kappa shape index (κ3) is 3.26. The molecule has 0 aromatic heterocycles. The van der Waals surface area contributed by atoms with E-state index in [0.717, 1.165) is 23.4 Å². The summed E-state index contributed by atoms with van der Waals surface area (Å²) in [4.78, 5) is 0. The number of hydrogen-bond donors (Lipinski definition) is 2. The largest absolute Gasteiger partial charge is 0.387 e. The summed E-state index contributed by atoms with van der Waals surface area (Å²) in [5.74, 6) is -1.90. The first-order chi connectivity index (χ1) is 9.49. The lowest BCUT2D eigenvalue weighted by Crippen LogP contribution is -2.13. The molecule has 0 aliphatic carbocycles. The van der Waals surface area contributed by atoms with Crippen LogP contribution < -0.4 is 5.32 Å². The highest BCUT2D eigenvalue weighted by Gasteiger charge is 2.11. The van der Waals surface area contributed by atoms with Crippen LogP contribution in [0.4, 0.5) is 14.5 Å². The van der Waals surface area contributed by atoms with Crippen molar-refractivity contribution in [2.45, 2.75) is 13.0 Å². The molecule has 0 bridgehead atoms. The lowest BCUT2D eigenvalue weighted by molar-refractivity contribution is 0.191. The van der Waals surface area contributed by atoms with Crippen molar-refractivity contribution in [3.05, 3.63) is 64.2 Å². The molecule has 106 valence electrons. The van der Waals surface area contributed by atoms with Crippen LogP contribution in [0.5, 0.6) is 0 Å². The molecule has 0 fully saturated rings. The Hall–Kier alpha value is -1.65. The van der Waals surface area contributed by atoms with Crippen LogP contribution in [0.15, 0.2) is 36.4 Å². The van der Waals surface area contributed by atoms with E-state index in [2.05, 4.69) is 5.32 Å². The summed E-state index contributed by atoms with van der Waals surface area (Å²) in [7, 11) is 0. The number of halogens is 3. The summed E-state index contributed by atoms with van der Waals surface area (Å²) in [6.07, 6.45) is -0.941. The highest BCUT2D eigenvalue weighted by Crippen LogP contribution is 2.24. The second-order valence-electron chi connectivity index (χ2n) is 4.48. The zero-order valence-corrected chi connectivity index (χ0v) is 11.6. The fraction of sp³-hybridized carbons (Fsp3) is 0.200. The maximum Gasteiger partial charge on any atom is 0.159 e. The van der Waals surface area contributed by atoms with Crippen LogP contribution in [-0.4, -0.2) is 11.7 Å². The Kier molecular flexibility index (Phi) is 4.57. The van der Waals surface area contributed by atoms with E-state index in [0.29, 0.717) is 10.6 Å². The number of rotatable bonds is 4. The summed E-state index contributed by atoms with van der Waals surface area (Å²) < 4.78 is 25.9. The maximum absolute atomic E-state index is 13.1. The van der Waals surface area contributed by atoms with Crippen LogP contribution in [0, 0.1) is 18.6 Å². The Labute approximate surface area is 121 Å². The average Bonchev–Trinajstić information content (AvgIpc) is 2.43. The van der Waals surface area contributed by atoms with Gasteiger partial charge >= 0.3 is 0 Å². The molecule has 2 nitrogen and oxygen atoms in total. The zero-order valence-electron chi connectivity index (χ0n) is 10.8. The van der Waals surface area contributed by atoms with Gasteiger partial charge < -0.3 is 10.4 Å². The smallest absolute Gasteiger partial charge is 0.159 e. The fourth-order valence-corrected chi connectivity index (χ4v) is 2.02. The number of benzene rings is 2. The number of nitrogens with one attached hydrogen (secondary N) is 1. The van der Waals surface area contributed by atoms with Crippen LogP contribution in [0.1, 0.15) is 17.2 Å². The quantitative estimate of drug-likeness (QED) is 0.891. The second kappa shape index (κ2) is 6.20. The minimum atomic E-state index is -0.972. The van der Waals surface area contributed by atoms with Crippen molar-refractivity contribution in [2.75, 3.05) is 11.9 Å². The van der Waals surface area contributed by atoms with Crippen LogP contribution in [0.2, 0.25) is 5.02 Å². The summed E-state index contributed by atoms with van der Waals surface area (Å²) in [5.41, 5.74) is 1.97. The van der Waals surface area contributed by atoms with Crippen molar-refractivity contribution < 1.29 is 13.9 Å². The van der Waals surface area contributed by atoms with Gasteiger partial charge in [-0.2, -0.15) is 0 Å². The van der Waals surface area contributed by atoms with Crippen molar-refractivity contribution in [2.24, 2.45) is 0 Å². The topological polar surface area (TPSA) is 32.3 Å². The van der Waals surface area contributed by atoms with Crippen LogP contribution in [0.25, 0.3) is 0 Å². The Morgan fingerprint density at radius 3 is 2.65 bits per heavy atom. The van der Waals surface area contributed by atoms with E-state index in [9.17, 15) is 13.9 Å². The molecule has 1 unspecified atom stereocenters. The van der Waals surface area contributed by atoms with Crippen LogP contribution >= 0.6 is 11.6 Å². The Balaban J connectivity index is 2.06.